The second-order valence-corrected chi connectivity index (χ2v) is 4.41. The molecule has 0 aliphatic heterocycles. The Kier molecular flexibility index (Phi) is 3.82. The number of hydrogen-bond donors (Lipinski definition) is 3. The first-order valence-electron chi connectivity index (χ1n) is 6.04. The Balaban J connectivity index is 1.98. The van der Waals surface area contributed by atoms with Crippen molar-refractivity contribution in [3.05, 3.63) is 27.9 Å². The van der Waals surface area contributed by atoms with Crippen LogP contribution in [-0.2, 0) is 4.74 Å². The zero-order valence-corrected chi connectivity index (χ0v) is 10.5. The van der Waals surface area contributed by atoms with Crippen LogP contribution in [0.4, 0.5) is 5.82 Å². The van der Waals surface area contributed by atoms with E-state index in [0.717, 1.165) is 0 Å². The third-order valence-electron chi connectivity index (χ3n) is 3.16. The van der Waals surface area contributed by atoms with Crippen molar-refractivity contribution >= 4 is 11.7 Å². The van der Waals surface area contributed by atoms with Gasteiger partial charge in [0.2, 0.25) is 0 Å². The molecule has 2 rings (SSSR count). The van der Waals surface area contributed by atoms with Gasteiger partial charge in [-0.25, -0.2) is 4.98 Å². The number of ether oxygens (including phenoxy) is 1. The number of amides is 1. The Morgan fingerprint density at radius 2 is 2.42 bits per heavy atom. The van der Waals surface area contributed by atoms with E-state index in [1.807, 2.05) is 6.92 Å². The quantitative estimate of drug-likeness (QED) is 0.518. The second-order valence-electron chi connectivity index (χ2n) is 4.41. The topological polar surface area (TPSA) is 123 Å². The predicted octanol–water partition coefficient (Wildman–Crippen LogP) is 0.157. The molecule has 0 bridgehead atoms. The van der Waals surface area contributed by atoms with Gasteiger partial charge in [-0.05, 0) is 24.3 Å². The fourth-order valence-electron chi connectivity index (χ4n) is 2.08. The number of nitro groups is 1. The Labute approximate surface area is 109 Å². The zero-order valence-electron chi connectivity index (χ0n) is 10.5. The first kappa shape index (κ1) is 13.5. The summed E-state index contributed by atoms with van der Waals surface area (Å²) in [6, 6.07) is 2.21. The molecule has 3 atom stereocenters. The average Bonchev–Trinajstić information content (AvgIpc) is 2.85. The lowest BCUT2D eigenvalue weighted by atomic mass is 9.83. The molecule has 1 aliphatic rings. The zero-order chi connectivity index (χ0) is 14.0. The molecule has 1 aromatic heterocycles. The number of nitrogens with zero attached hydrogens (tertiary/aromatic N) is 1. The van der Waals surface area contributed by atoms with Crippen LogP contribution in [0.1, 0.15) is 23.8 Å². The Morgan fingerprint density at radius 1 is 1.68 bits per heavy atom. The summed E-state index contributed by atoms with van der Waals surface area (Å²) in [7, 11) is 0. The maximum absolute atomic E-state index is 11.9. The summed E-state index contributed by atoms with van der Waals surface area (Å²) < 4.78 is 5.43. The first-order valence-corrected chi connectivity index (χ1v) is 6.04. The summed E-state index contributed by atoms with van der Waals surface area (Å²) >= 11 is 0. The number of carbonyl (C=O) groups excluding carboxylic acids is 1. The van der Waals surface area contributed by atoms with E-state index in [2.05, 4.69) is 10.3 Å². The van der Waals surface area contributed by atoms with E-state index < -0.39 is 10.8 Å². The molecule has 8 heteroatoms. The maximum Gasteiger partial charge on any atom is 0.321 e. The van der Waals surface area contributed by atoms with Crippen molar-refractivity contribution < 1.29 is 14.5 Å². The van der Waals surface area contributed by atoms with Gasteiger partial charge in [0.1, 0.15) is 0 Å². The Hall–Kier alpha value is -1.93. The molecular formula is C11H16N4O4. The highest BCUT2D eigenvalue weighted by atomic mass is 16.6. The van der Waals surface area contributed by atoms with E-state index in [9.17, 15) is 14.9 Å². The number of rotatable bonds is 5. The molecule has 1 aliphatic carbocycles. The summed E-state index contributed by atoms with van der Waals surface area (Å²) in [6.45, 7) is 2.43. The number of hydrogen-bond acceptors (Lipinski definition) is 5. The van der Waals surface area contributed by atoms with Crippen LogP contribution in [0.2, 0.25) is 0 Å². The minimum atomic E-state index is -0.588. The summed E-state index contributed by atoms with van der Waals surface area (Å²) in [5.41, 5.74) is 5.95. The number of nitrogens with one attached hydrogen (secondary N) is 2. The second kappa shape index (κ2) is 5.37. The van der Waals surface area contributed by atoms with E-state index in [-0.39, 0.29) is 29.7 Å². The average molecular weight is 268 g/mol. The number of nitrogens with two attached hydrogens (primary N) is 1. The van der Waals surface area contributed by atoms with Gasteiger partial charge in [-0.3, -0.25) is 4.79 Å². The summed E-state index contributed by atoms with van der Waals surface area (Å²) in [6.07, 6.45) is 0.609. The minimum absolute atomic E-state index is 0.0890. The van der Waals surface area contributed by atoms with Gasteiger partial charge < -0.3 is 25.9 Å². The number of H-pyrrole nitrogens is 1. The Bertz CT molecular complexity index is 485. The molecule has 1 fully saturated rings. The molecule has 0 spiro atoms. The van der Waals surface area contributed by atoms with Crippen LogP contribution in [0, 0.1) is 10.1 Å². The maximum atomic E-state index is 11.9. The van der Waals surface area contributed by atoms with Gasteiger partial charge in [0, 0.05) is 18.7 Å². The van der Waals surface area contributed by atoms with E-state index in [0.29, 0.717) is 13.0 Å². The lowest BCUT2D eigenvalue weighted by Crippen LogP contribution is -2.64. The van der Waals surface area contributed by atoms with Gasteiger partial charge in [0.15, 0.2) is 5.69 Å². The van der Waals surface area contributed by atoms with Gasteiger partial charge in [-0.1, -0.05) is 0 Å². The van der Waals surface area contributed by atoms with Crippen LogP contribution < -0.4 is 11.1 Å². The van der Waals surface area contributed by atoms with Crippen LogP contribution in [0.25, 0.3) is 0 Å². The molecule has 104 valence electrons. The van der Waals surface area contributed by atoms with E-state index >= 15 is 0 Å². The van der Waals surface area contributed by atoms with E-state index in [4.69, 9.17) is 10.5 Å². The van der Waals surface area contributed by atoms with Gasteiger partial charge in [0.05, 0.1) is 12.1 Å². The summed E-state index contributed by atoms with van der Waals surface area (Å²) in [5, 5.41) is 13.2. The molecule has 0 radical (unpaired) electrons. The molecule has 8 nitrogen and oxygen atoms in total. The molecule has 4 N–H and O–H groups in total. The van der Waals surface area contributed by atoms with Crippen molar-refractivity contribution in [1.82, 2.24) is 10.3 Å². The van der Waals surface area contributed by atoms with Crippen molar-refractivity contribution in [3.8, 4) is 0 Å². The van der Waals surface area contributed by atoms with Crippen LogP contribution in [0.3, 0.4) is 0 Å². The predicted molar refractivity (Wildman–Crippen MR) is 66.7 cm³/mol. The third kappa shape index (κ3) is 2.74. The van der Waals surface area contributed by atoms with Crippen molar-refractivity contribution in [3.63, 3.8) is 0 Å². The number of aromatic amines is 1. The molecule has 0 aromatic carbocycles. The van der Waals surface area contributed by atoms with Crippen molar-refractivity contribution in [2.24, 2.45) is 5.73 Å². The van der Waals surface area contributed by atoms with Crippen molar-refractivity contribution in [2.75, 3.05) is 6.61 Å². The fraction of sp³-hybridized carbons (Fsp3) is 0.545. The normalized spacial score (nSPS) is 25.7. The van der Waals surface area contributed by atoms with Crippen molar-refractivity contribution in [2.45, 2.75) is 31.5 Å². The van der Waals surface area contributed by atoms with Crippen LogP contribution in [-0.4, -0.2) is 40.6 Å². The van der Waals surface area contributed by atoms with Gasteiger partial charge >= 0.3 is 5.82 Å². The molecule has 1 heterocycles. The molecule has 1 saturated carbocycles. The molecule has 0 saturated heterocycles. The SMILES string of the molecule is CCOC1CC(N)C1NC(=O)c1ccc([N+](=O)[O-])[nH]1. The van der Waals surface area contributed by atoms with Gasteiger partial charge in [0.25, 0.3) is 5.91 Å². The number of aromatic nitrogens is 1. The molecule has 19 heavy (non-hydrogen) atoms. The van der Waals surface area contributed by atoms with E-state index in [1.165, 1.54) is 12.1 Å². The lowest BCUT2D eigenvalue weighted by Gasteiger charge is -2.42. The summed E-state index contributed by atoms with van der Waals surface area (Å²) in [4.78, 5) is 24.3. The minimum Gasteiger partial charge on any atom is -0.376 e. The summed E-state index contributed by atoms with van der Waals surface area (Å²) in [5.74, 6) is -0.637. The standard InChI is InChI=1S/C11H16N4O4/c1-2-19-8-5-6(12)10(8)14-11(16)7-3-4-9(13-7)15(17)18/h3-4,6,8,10,13H,2,5,12H2,1H3,(H,14,16). The van der Waals surface area contributed by atoms with Crippen LogP contribution in [0.15, 0.2) is 12.1 Å². The van der Waals surface area contributed by atoms with Crippen molar-refractivity contribution in [1.29, 1.82) is 0 Å². The largest absolute Gasteiger partial charge is 0.376 e. The monoisotopic (exact) mass is 268 g/mol. The first-order chi connectivity index (χ1) is 9.02. The molecule has 3 unspecified atom stereocenters. The van der Waals surface area contributed by atoms with Gasteiger partial charge in [-0.2, -0.15) is 0 Å². The van der Waals surface area contributed by atoms with E-state index in [1.54, 1.807) is 0 Å². The Morgan fingerprint density at radius 3 is 2.95 bits per heavy atom. The molecule has 1 amide bonds. The van der Waals surface area contributed by atoms with Crippen LogP contribution >= 0.6 is 0 Å². The highest BCUT2D eigenvalue weighted by Crippen LogP contribution is 2.23. The molecular weight excluding hydrogens is 252 g/mol. The third-order valence-corrected chi connectivity index (χ3v) is 3.16. The smallest absolute Gasteiger partial charge is 0.321 e. The fourth-order valence-corrected chi connectivity index (χ4v) is 2.08. The highest BCUT2D eigenvalue weighted by Gasteiger charge is 2.40. The molecule has 1 aromatic rings. The highest BCUT2D eigenvalue weighted by molar-refractivity contribution is 5.93. The number of carbonyl (C=O) groups is 1. The lowest BCUT2D eigenvalue weighted by molar-refractivity contribution is -0.389. The van der Waals surface area contributed by atoms with Crippen LogP contribution in [0.5, 0.6) is 0 Å². The van der Waals surface area contributed by atoms with Gasteiger partial charge in [-0.15, -0.1) is 0 Å².